The Labute approximate surface area is 198 Å². The minimum atomic E-state index is 0. The molecule has 0 saturated heterocycles. The highest BCUT2D eigenvalue weighted by atomic mass is 127. The molecule has 0 amide bonds. The Morgan fingerprint density at radius 3 is 1.50 bits per heavy atom. The third kappa shape index (κ3) is 6.46. The summed E-state index contributed by atoms with van der Waals surface area (Å²) in [5.41, 5.74) is 7.15. The van der Waals surface area contributed by atoms with Crippen LogP contribution in [-0.2, 0) is 7.05 Å². The molecule has 0 atom stereocenters. The summed E-state index contributed by atoms with van der Waals surface area (Å²) in [6.07, 6.45) is 10.7. The number of nitrogens with zero attached hydrogens (tertiary/aromatic N) is 3. The number of aromatic nitrogens is 1. The minimum absolute atomic E-state index is 0. The number of benzene rings is 2. The molecular weight excluding hydrogens is 481 g/mol. The van der Waals surface area contributed by atoms with Gasteiger partial charge in [0.25, 0.3) is 0 Å². The fraction of sp³-hybridized carbons (Fsp3) is 0.192. The highest BCUT2D eigenvalue weighted by Gasteiger charge is 2.03. The Balaban J connectivity index is 0.00000320. The molecule has 3 aromatic rings. The third-order valence-corrected chi connectivity index (χ3v) is 4.95. The van der Waals surface area contributed by atoms with Gasteiger partial charge in [0.2, 0.25) is 5.69 Å². The van der Waals surface area contributed by atoms with Crippen molar-refractivity contribution in [3.8, 4) is 0 Å². The van der Waals surface area contributed by atoms with E-state index in [4.69, 9.17) is 0 Å². The molecule has 1 heterocycles. The van der Waals surface area contributed by atoms with Crippen LogP contribution in [0.25, 0.3) is 24.3 Å². The van der Waals surface area contributed by atoms with Gasteiger partial charge in [-0.15, -0.1) is 0 Å². The number of anilines is 2. The van der Waals surface area contributed by atoms with Crippen LogP contribution in [0.3, 0.4) is 0 Å². The van der Waals surface area contributed by atoms with Crippen molar-refractivity contribution in [2.45, 2.75) is 0 Å². The number of pyridine rings is 1. The van der Waals surface area contributed by atoms with Gasteiger partial charge in [-0.3, -0.25) is 0 Å². The Hall–Kier alpha value is -2.60. The number of halogens is 1. The lowest BCUT2D eigenvalue weighted by atomic mass is 10.1. The molecule has 3 nitrogen and oxygen atoms in total. The molecule has 0 radical (unpaired) electrons. The lowest BCUT2D eigenvalue weighted by Crippen LogP contribution is -3.00. The molecule has 1 aromatic heterocycles. The van der Waals surface area contributed by atoms with Crippen LogP contribution in [-0.4, -0.2) is 28.2 Å². The van der Waals surface area contributed by atoms with E-state index in [1.54, 1.807) is 0 Å². The van der Waals surface area contributed by atoms with E-state index < -0.39 is 0 Å². The zero-order chi connectivity index (χ0) is 20.8. The number of hydrogen-bond acceptors (Lipinski definition) is 2. The number of rotatable bonds is 6. The van der Waals surface area contributed by atoms with Gasteiger partial charge in [-0.05, 0) is 47.0 Å². The van der Waals surface area contributed by atoms with E-state index in [9.17, 15) is 0 Å². The lowest BCUT2D eigenvalue weighted by molar-refractivity contribution is -0.673. The van der Waals surface area contributed by atoms with E-state index in [1.807, 2.05) is 0 Å². The SMILES string of the molecule is CN(C)c1ccc(/C=C/c2cc[n+](C)c(/C=C/c3ccc(N(C)C)cc3)c2)cc1.[I-]. The minimum Gasteiger partial charge on any atom is -1.00 e. The largest absolute Gasteiger partial charge is 1.00 e. The smallest absolute Gasteiger partial charge is 0.205 e. The number of aryl methyl sites for hydroxylation is 1. The second-order valence-electron chi connectivity index (χ2n) is 7.63. The first kappa shape index (κ1) is 23.7. The normalized spacial score (nSPS) is 11.0. The Morgan fingerprint density at radius 2 is 1.03 bits per heavy atom. The topological polar surface area (TPSA) is 10.4 Å². The molecule has 0 unspecified atom stereocenters. The van der Waals surface area contributed by atoms with Crippen molar-refractivity contribution in [1.29, 1.82) is 0 Å². The zero-order valence-electron chi connectivity index (χ0n) is 18.4. The number of hydrogen-bond donors (Lipinski definition) is 0. The molecule has 2 aromatic carbocycles. The monoisotopic (exact) mass is 511 g/mol. The van der Waals surface area contributed by atoms with Gasteiger partial charge in [0.1, 0.15) is 7.05 Å². The van der Waals surface area contributed by atoms with Gasteiger partial charge in [-0.1, -0.05) is 36.4 Å². The molecule has 0 fully saturated rings. The van der Waals surface area contributed by atoms with Crippen molar-refractivity contribution in [3.05, 3.63) is 89.2 Å². The predicted molar refractivity (Wildman–Crippen MR) is 127 cm³/mol. The molecule has 0 aliphatic rings. The maximum atomic E-state index is 2.20. The Bertz CT molecular complexity index is 1000. The summed E-state index contributed by atoms with van der Waals surface area (Å²) in [6.45, 7) is 0. The van der Waals surface area contributed by atoms with Gasteiger partial charge in [-0.25, -0.2) is 4.57 Å². The van der Waals surface area contributed by atoms with E-state index >= 15 is 0 Å². The molecule has 0 saturated carbocycles. The van der Waals surface area contributed by atoms with Crippen LogP contribution in [0.1, 0.15) is 22.4 Å². The van der Waals surface area contributed by atoms with Crippen molar-refractivity contribution in [1.82, 2.24) is 0 Å². The molecule has 0 bridgehead atoms. The van der Waals surface area contributed by atoms with Gasteiger partial charge >= 0.3 is 0 Å². The molecule has 0 spiro atoms. The molecule has 0 N–H and O–H groups in total. The summed E-state index contributed by atoms with van der Waals surface area (Å²) in [4.78, 5) is 4.22. The van der Waals surface area contributed by atoms with Gasteiger partial charge in [-0.2, -0.15) is 0 Å². The first-order chi connectivity index (χ1) is 13.9. The average molecular weight is 511 g/mol. The third-order valence-electron chi connectivity index (χ3n) is 4.95. The predicted octanol–water partition coefficient (Wildman–Crippen LogP) is 1.99. The molecule has 30 heavy (non-hydrogen) atoms. The van der Waals surface area contributed by atoms with Crippen molar-refractivity contribution < 1.29 is 28.5 Å². The van der Waals surface area contributed by atoms with Crippen molar-refractivity contribution in [2.24, 2.45) is 7.05 Å². The van der Waals surface area contributed by atoms with Crippen molar-refractivity contribution in [3.63, 3.8) is 0 Å². The molecule has 4 heteroatoms. The van der Waals surface area contributed by atoms with Crippen LogP contribution in [0, 0.1) is 0 Å². The first-order valence-corrected chi connectivity index (χ1v) is 9.83. The maximum Gasteiger partial charge on any atom is 0.205 e. The summed E-state index contributed by atoms with van der Waals surface area (Å²) in [5.74, 6) is 0. The summed E-state index contributed by atoms with van der Waals surface area (Å²) in [5, 5.41) is 0. The fourth-order valence-corrected chi connectivity index (χ4v) is 3.02. The maximum absolute atomic E-state index is 2.20. The highest BCUT2D eigenvalue weighted by molar-refractivity contribution is 5.73. The average Bonchev–Trinajstić information content (AvgIpc) is 2.72. The van der Waals surface area contributed by atoms with E-state index in [0.29, 0.717) is 0 Å². The summed E-state index contributed by atoms with van der Waals surface area (Å²) in [7, 11) is 10.3. The van der Waals surface area contributed by atoms with Crippen LogP contribution >= 0.6 is 0 Å². The Kier molecular flexibility index (Phi) is 8.66. The van der Waals surface area contributed by atoms with Crippen LogP contribution in [0.15, 0.2) is 66.9 Å². The van der Waals surface area contributed by atoms with Crippen LogP contribution in [0.5, 0.6) is 0 Å². The van der Waals surface area contributed by atoms with Crippen molar-refractivity contribution >= 4 is 35.7 Å². The van der Waals surface area contributed by atoms with E-state index in [0.717, 1.165) is 5.69 Å². The van der Waals surface area contributed by atoms with Crippen LogP contribution < -0.4 is 38.3 Å². The highest BCUT2D eigenvalue weighted by Crippen LogP contribution is 2.16. The van der Waals surface area contributed by atoms with E-state index in [2.05, 4.69) is 141 Å². The summed E-state index contributed by atoms with van der Waals surface area (Å²) < 4.78 is 2.13. The van der Waals surface area contributed by atoms with E-state index in [1.165, 1.54) is 28.1 Å². The molecule has 3 rings (SSSR count). The summed E-state index contributed by atoms with van der Waals surface area (Å²) >= 11 is 0. The lowest BCUT2D eigenvalue weighted by Gasteiger charge is -2.11. The second-order valence-corrected chi connectivity index (χ2v) is 7.63. The first-order valence-electron chi connectivity index (χ1n) is 9.83. The molecule has 156 valence electrons. The summed E-state index contributed by atoms with van der Waals surface area (Å²) in [6, 6.07) is 21.5. The van der Waals surface area contributed by atoms with Gasteiger partial charge < -0.3 is 33.8 Å². The molecule has 0 aliphatic carbocycles. The van der Waals surface area contributed by atoms with Crippen LogP contribution in [0.2, 0.25) is 0 Å². The zero-order valence-corrected chi connectivity index (χ0v) is 20.5. The van der Waals surface area contributed by atoms with Gasteiger partial charge in [0.05, 0.1) is 0 Å². The fourth-order valence-electron chi connectivity index (χ4n) is 3.02. The van der Waals surface area contributed by atoms with E-state index in [-0.39, 0.29) is 24.0 Å². The standard InChI is InChI=1S/C26H30N3.HI/c1-27(2)24-13-8-21(9-14-24)6-7-23-18-19-29(5)26(20-23)17-12-22-10-15-25(16-11-22)28(3)4;/h6-20H,1-5H3;1H/q+1;/p-1. The van der Waals surface area contributed by atoms with Gasteiger partial charge in [0.15, 0.2) is 6.20 Å². The van der Waals surface area contributed by atoms with Crippen molar-refractivity contribution in [2.75, 3.05) is 38.0 Å². The second kappa shape index (κ2) is 11.0. The molecule has 0 aliphatic heterocycles. The van der Waals surface area contributed by atoms with Gasteiger partial charge in [0, 0.05) is 57.8 Å². The Morgan fingerprint density at radius 1 is 0.600 bits per heavy atom. The quantitative estimate of drug-likeness (QED) is 0.370. The molecular formula is C26H30IN3. The van der Waals surface area contributed by atoms with Crippen LogP contribution in [0.4, 0.5) is 11.4 Å².